The fourth-order valence-electron chi connectivity index (χ4n) is 3.76. The molecular weight excluding hydrogens is 290 g/mol. The quantitative estimate of drug-likeness (QED) is 0.827. The fourth-order valence-corrected chi connectivity index (χ4v) is 3.76. The van der Waals surface area contributed by atoms with Crippen LogP contribution in [0.25, 0.3) is 0 Å². The molecule has 1 heterocycles. The maximum atomic E-state index is 13.0. The molecule has 0 bridgehead atoms. The van der Waals surface area contributed by atoms with Gasteiger partial charge in [-0.05, 0) is 38.6 Å². The van der Waals surface area contributed by atoms with Gasteiger partial charge in [0, 0.05) is 19.5 Å². The van der Waals surface area contributed by atoms with Gasteiger partial charge in [0.15, 0.2) is 0 Å². The Bertz CT molecular complexity index is 383. The van der Waals surface area contributed by atoms with Gasteiger partial charge in [0.05, 0.1) is 0 Å². The summed E-state index contributed by atoms with van der Waals surface area (Å²) in [5.74, 6) is 0.394. The number of halogens is 1. The highest BCUT2D eigenvalue weighted by Gasteiger charge is 2.45. The van der Waals surface area contributed by atoms with Crippen LogP contribution >= 0.6 is 12.4 Å². The van der Waals surface area contributed by atoms with Crippen molar-refractivity contribution >= 4 is 24.2 Å². The molecule has 0 spiro atoms. The van der Waals surface area contributed by atoms with Crippen molar-refractivity contribution in [1.29, 1.82) is 0 Å². The molecule has 2 unspecified atom stereocenters. The first kappa shape index (κ1) is 18.2. The highest BCUT2D eigenvalue weighted by Crippen LogP contribution is 2.33. The molecule has 1 aliphatic heterocycles. The second kappa shape index (κ2) is 7.45. The second-order valence-corrected chi connectivity index (χ2v) is 6.47. The van der Waals surface area contributed by atoms with Crippen LogP contribution in [0.1, 0.15) is 52.4 Å². The summed E-state index contributed by atoms with van der Waals surface area (Å²) in [6.07, 6.45) is 5.67. The number of carbonyl (C=O) groups excluding carboxylic acids is 2. The van der Waals surface area contributed by atoms with Crippen molar-refractivity contribution in [3.05, 3.63) is 0 Å². The van der Waals surface area contributed by atoms with Crippen LogP contribution in [0.2, 0.25) is 0 Å². The maximum Gasteiger partial charge on any atom is 0.248 e. The van der Waals surface area contributed by atoms with Crippen molar-refractivity contribution in [2.75, 3.05) is 13.1 Å². The molecule has 21 heavy (non-hydrogen) atoms. The average Bonchev–Trinajstić information content (AvgIpc) is 2.79. The van der Waals surface area contributed by atoms with Gasteiger partial charge in [-0.2, -0.15) is 0 Å². The number of nitrogens with two attached hydrogens (primary N) is 1. The number of nitrogens with zero attached hydrogens (tertiary/aromatic N) is 1. The Labute approximate surface area is 133 Å². The van der Waals surface area contributed by atoms with Crippen molar-refractivity contribution < 1.29 is 9.59 Å². The molecule has 0 aromatic carbocycles. The molecule has 2 fully saturated rings. The van der Waals surface area contributed by atoms with Crippen LogP contribution in [0.5, 0.6) is 0 Å². The van der Waals surface area contributed by atoms with E-state index in [0.717, 1.165) is 45.1 Å². The minimum atomic E-state index is -0.665. The minimum absolute atomic E-state index is 0. The van der Waals surface area contributed by atoms with E-state index in [9.17, 15) is 9.59 Å². The van der Waals surface area contributed by atoms with E-state index in [4.69, 9.17) is 5.73 Å². The molecule has 0 aromatic rings. The number of carbonyl (C=O) groups is 2. The number of hydrogen-bond donors (Lipinski definition) is 2. The van der Waals surface area contributed by atoms with Gasteiger partial charge in [0.25, 0.3) is 0 Å². The van der Waals surface area contributed by atoms with Crippen molar-refractivity contribution in [3.63, 3.8) is 0 Å². The molecule has 3 N–H and O–H groups in total. The SMILES string of the molecule is CC(=O)NC1(C(=O)N2CC(CN)CC2C)CCCCC1.Cl. The first-order chi connectivity index (χ1) is 9.48. The molecule has 2 atom stereocenters. The Morgan fingerprint density at radius 2 is 1.90 bits per heavy atom. The zero-order valence-corrected chi connectivity index (χ0v) is 13.9. The second-order valence-electron chi connectivity index (χ2n) is 6.47. The van der Waals surface area contributed by atoms with Crippen molar-refractivity contribution in [2.24, 2.45) is 11.7 Å². The third kappa shape index (κ3) is 3.89. The van der Waals surface area contributed by atoms with Crippen molar-refractivity contribution in [3.8, 4) is 0 Å². The van der Waals surface area contributed by atoms with Crippen LogP contribution in [0.3, 0.4) is 0 Å². The van der Waals surface area contributed by atoms with Crippen LogP contribution in [-0.4, -0.2) is 41.4 Å². The van der Waals surface area contributed by atoms with Gasteiger partial charge in [-0.25, -0.2) is 0 Å². The first-order valence-electron chi connectivity index (χ1n) is 7.78. The van der Waals surface area contributed by atoms with Crippen molar-refractivity contribution in [1.82, 2.24) is 10.2 Å². The molecule has 1 saturated carbocycles. The van der Waals surface area contributed by atoms with E-state index in [1.807, 2.05) is 4.90 Å². The van der Waals surface area contributed by atoms with Gasteiger partial charge in [-0.15, -0.1) is 12.4 Å². The lowest BCUT2D eigenvalue weighted by Crippen LogP contribution is -2.60. The summed E-state index contributed by atoms with van der Waals surface area (Å²) in [4.78, 5) is 26.5. The van der Waals surface area contributed by atoms with Crippen LogP contribution in [0.4, 0.5) is 0 Å². The predicted octanol–water partition coefficient (Wildman–Crippen LogP) is 1.44. The lowest BCUT2D eigenvalue weighted by Gasteiger charge is -2.40. The summed E-state index contributed by atoms with van der Waals surface area (Å²) >= 11 is 0. The van der Waals surface area contributed by atoms with Gasteiger partial charge >= 0.3 is 0 Å². The highest BCUT2D eigenvalue weighted by atomic mass is 35.5. The molecule has 5 nitrogen and oxygen atoms in total. The van der Waals surface area contributed by atoms with E-state index in [1.165, 1.54) is 6.92 Å². The molecule has 0 aromatic heterocycles. The van der Waals surface area contributed by atoms with E-state index < -0.39 is 5.54 Å². The largest absolute Gasteiger partial charge is 0.342 e. The summed E-state index contributed by atoms with van der Waals surface area (Å²) in [7, 11) is 0. The van der Waals surface area contributed by atoms with E-state index in [0.29, 0.717) is 12.5 Å². The molecular formula is C15H28ClN3O2. The summed E-state index contributed by atoms with van der Waals surface area (Å²) in [6.45, 7) is 4.94. The topological polar surface area (TPSA) is 75.4 Å². The molecule has 2 aliphatic rings. The van der Waals surface area contributed by atoms with Gasteiger partial charge in [0.1, 0.15) is 5.54 Å². The number of hydrogen-bond acceptors (Lipinski definition) is 3. The summed E-state index contributed by atoms with van der Waals surface area (Å²) < 4.78 is 0. The Morgan fingerprint density at radius 1 is 1.29 bits per heavy atom. The van der Waals surface area contributed by atoms with Gasteiger partial charge < -0.3 is 16.0 Å². The highest BCUT2D eigenvalue weighted by molar-refractivity contribution is 5.91. The monoisotopic (exact) mass is 317 g/mol. The van der Waals surface area contributed by atoms with E-state index in [2.05, 4.69) is 12.2 Å². The van der Waals surface area contributed by atoms with Gasteiger partial charge in [0.2, 0.25) is 11.8 Å². The Kier molecular flexibility index (Phi) is 6.47. The molecule has 2 rings (SSSR count). The van der Waals surface area contributed by atoms with Crippen LogP contribution in [0, 0.1) is 5.92 Å². The molecule has 6 heteroatoms. The lowest BCUT2D eigenvalue weighted by atomic mass is 9.80. The van der Waals surface area contributed by atoms with E-state index in [1.54, 1.807) is 0 Å². The van der Waals surface area contributed by atoms with Gasteiger partial charge in [-0.1, -0.05) is 19.3 Å². The zero-order chi connectivity index (χ0) is 14.8. The smallest absolute Gasteiger partial charge is 0.248 e. The predicted molar refractivity (Wildman–Crippen MR) is 85.2 cm³/mol. The third-order valence-electron chi connectivity index (χ3n) is 4.79. The number of nitrogens with one attached hydrogen (secondary N) is 1. The Balaban J connectivity index is 0.00000220. The Morgan fingerprint density at radius 3 is 2.38 bits per heavy atom. The number of rotatable bonds is 3. The summed E-state index contributed by atoms with van der Waals surface area (Å²) in [5, 5.41) is 2.96. The summed E-state index contributed by atoms with van der Waals surface area (Å²) in [5.41, 5.74) is 5.08. The molecule has 2 amide bonds. The lowest BCUT2D eigenvalue weighted by molar-refractivity contribution is -0.143. The molecule has 0 radical (unpaired) electrons. The standard InChI is InChI=1S/C15H27N3O2.ClH/c1-11-8-13(9-16)10-18(11)14(20)15(17-12(2)19)6-4-3-5-7-15;/h11,13H,3-10,16H2,1-2H3,(H,17,19);1H. The number of amides is 2. The normalized spacial score (nSPS) is 27.9. The van der Waals surface area contributed by atoms with Crippen LogP contribution < -0.4 is 11.1 Å². The summed E-state index contributed by atoms with van der Waals surface area (Å²) in [6, 6.07) is 0.226. The van der Waals surface area contributed by atoms with E-state index in [-0.39, 0.29) is 30.3 Å². The number of likely N-dealkylation sites (tertiary alicyclic amines) is 1. The first-order valence-corrected chi connectivity index (χ1v) is 7.78. The molecule has 122 valence electrons. The average molecular weight is 318 g/mol. The third-order valence-corrected chi connectivity index (χ3v) is 4.79. The van der Waals surface area contributed by atoms with Crippen LogP contribution in [0.15, 0.2) is 0 Å². The minimum Gasteiger partial charge on any atom is -0.342 e. The molecule has 1 saturated heterocycles. The maximum absolute atomic E-state index is 13.0. The molecule has 1 aliphatic carbocycles. The van der Waals surface area contributed by atoms with E-state index >= 15 is 0 Å². The fraction of sp³-hybridized carbons (Fsp3) is 0.867. The zero-order valence-electron chi connectivity index (χ0n) is 13.1. The van der Waals surface area contributed by atoms with Crippen molar-refractivity contribution in [2.45, 2.75) is 64.0 Å². The Hall–Kier alpha value is -0.810. The van der Waals surface area contributed by atoms with Gasteiger partial charge in [-0.3, -0.25) is 9.59 Å². The van der Waals surface area contributed by atoms with Crippen LogP contribution in [-0.2, 0) is 9.59 Å².